The second kappa shape index (κ2) is 5.97. The molecule has 19 heavy (non-hydrogen) atoms. The van der Waals surface area contributed by atoms with Crippen molar-refractivity contribution >= 4 is 27.4 Å². The Labute approximate surface area is 121 Å². The first-order valence-corrected chi connectivity index (χ1v) is 6.91. The lowest BCUT2D eigenvalue weighted by molar-refractivity contribution is 0.0992. The van der Waals surface area contributed by atoms with Crippen LogP contribution >= 0.6 is 15.9 Å². The molecule has 3 nitrogen and oxygen atoms in total. The average Bonchev–Trinajstić information content (AvgIpc) is 2.38. The standard InChI is InChI=1S/C15H15BrN2O/c1-2-10-3-4-14(18-9-10)8-15(19)11-5-12(16)7-13(17)6-11/h3-7,9H,2,8,17H2,1H3. The molecule has 4 heteroatoms. The lowest BCUT2D eigenvalue weighted by Gasteiger charge is -2.04. The summed E-state index contributed by atoms with van der Waals surface area (Å²) in [6, 6.07) is 9.14. The van der Waals surface area contributed by atoms with Gasteiger partial charge in [-0.25, -0.2) is 0 Å². The minimum absolute atomic E-state index is 0.0183. The van der Waals surface area contributed by atoms with E-state index < -0.39 is 0 Å². The molecule has 0 saturated heterocycles. The fraction of sp³-hybridized carbons (Fsp3) is 0.200. The topological polar surface area (TPSA) is 56.0 Å². The molecule has 0 bridgehead atoms. The van der Waals surface area contributed by atoms with Crippen LogP contribution in [0, 0.1) is 0 Å². The Morgan fingerprint density at radius 1 is 1.32 bits per heavy atom. The van der Waals surface area contributed by atoms with Crippen molar-refractivity contribution in [2.75, 3.05) is 5.73 Å². The van der Waals surface area contributed by atoms with Gasteiger partial charge in [-0.3, -0.25) is 9.78 Å². The van der Waals surface area contributed by atoms with E-state index in [9.17, 15) is 4.79 Å². The summed E-state index contributed by atoms with van der Waals surface area (Å²) in [7, 11) is 0. The van der Waals surface area contributed by atoms with Gasteiger partial charge in [0.05, 0.1) is 6.42 Å². The van der Waals surface area contributed by atoms with Crippen LogP contribution in [0.25, 0.3) is 0 Å². The van der Waals surface area contributed by atoms with E-state index in [0.29, 0.717) is 17.7 Å². The molecule has 0 radical (unpaired) electrons. The third kappa shape index (κ3) is 3.64. The van der Waals surface area contributed by atoms with Crippen molar-refractivity contribution in [3.05, 3.63) is 57.8 Å². The fourth-order valence-electron chi connectivity index (χ4n) is 1.81. The number of anilines is 1. The van der Waals surface area contributed by atoms with Crippen molar-refractivity contribution in [3.63, 3.8) is 0 Å². The summed E-state index contributed by atoms with van der Waals surface area (Å²) in [6.07, 6.45) is 3.06. The molecule has 1 aromatic heterocycles. The van der Waals surface area contributed by atoms with Crippen molar-refractivity contribution < 1.29 is 4.79 Å². The van der Waals surface area contributed by atoms with Crippen LogP contribution in [0.3, 0.4) is 0 Å². The van der Waals surface area contributed by atoms with E-state index in [1.54, 1.807) is 18.2 Å². The summed E-state index contributed by atoms with van der Waals surface area (Å²) >= 11 is 3.34. The third-order valence-corrected chi connectivity index (χ3v) is 3.34. The van der Waals surface area contributed by atoms with Crippen molar-refractivity contribution in [1.82, 2.24) is 4.98 Å². The second-order valence-corrected chi connectivity index (χ2v) is 5.30. The number of halogens is 1. The molecular weight excluding hydrogens is 304 g/mol. The molecule has 2 N–H and O–H groups in total. The quantitative estimate of drug-likeness (QED) is 0.694. The summed E-state index contributed by atoms with van der Waals surface area (Å²) in [5.41, 5.74) is 8.86. The van der Waals surface area contributed by atoms with E-state index in [0.717, 1.165) is 16.6 Å². The van der Waals surface area contributed by atoms with Gasteiger partial charge in [-0.1, -0.05) is 28.9 Å². The molecule has 1 heterocycles. The van der Waals surface area contributed by atoms with Gasteiger partial charge in [-0.15, -0.1) is 0 Å². The van der Waals surface area contributed by atoms with E-state index in [-0.39, 0.29) is 5.78 Å². The van der Waals surface area contributed by atoms with E-state index in [4.69, 9.17) is 5.73 Å². The molecule has 0 aliphatic rings. The van der Waals surface area contributed by atoms with E-state index in [1.165, 1.54) is 5.56 Å². The smallest absolute Gasteiger partial charge is 0.168 e. The van der Waals surface area contributed by atoms with Crippen LogP contribution in [0.15, 0.2) is 41.0 Å². The normalized spacial score (nSPS) is 10.4. The maximum absolute atomic E-state index is 12.2. The van der Waals surface area contributed by atoms with Gasteiger partial charge in [-0.05, 0) is 36.2 Å². The first-order chi connectivity index (χ1) is 9.08. The van der Waals surface area contributed by atoms with Crippen molar-refractivity contribution in [2.24, 2.45) is 0 Å². The predicted molar refractivity (Wildman–Crippen MR) is 80.2 cm³/mol. The predicted octanol–water partition coefficient (Wildman–Crippen LogP) is 3.41. The highest BCUT2D eigenvalue weighted by molar-refractivity contribution is 9.10. The zero-order chi connectivity index (χ0) is 13.8. The third-order valence-electron chi connectivity index (χ3n) is 2.88. The molecule has 0 spiro atoms. The first kappa shape index (κ1) is 13.7. The summed E-state index contributed by atoms with van der Waals surface area (Å²) < 4.78 is 0.810. The number of nitrogen functional groups attached to an aromatic ring is 1. The number of ketones is 1. The number of hydrogen-bond donors (Lipinski definition) is 1. The summed E-state index contributed by atoms with van der Waals surface area (Å²) in [5, 5.41) is 0. The number of nitrogens with two attached hydrogens (primary N) is 1. The molecule has 0 aliphatic carbocycles. The molecule has 2 aromatic rings. The van der Waals surface area contributed by atoms with E-state index in [1.807, 2.05) is 18.3 Å². The molecule has 0 unspecified atom stereocenters. The van der Waals surface area contributed by atoms with Gasteiger partial charge in [0.1, 0.15) is 0 Å². The minimum Gasteiger partial charge on any atom is -0.399 e. The molecule has 0 fully saturated rings. The molecule has 0 aliphatic heterocycles. The number of rotatable bonds is 4. The van der Waals surface area contributed by atoms with Crippen LogP contribution < -0.4 is 5.73 Å². The molecule has 0 atom stereocenters. The highest BCUT2D eigenvalue weighted by Crippen LogP contribution is 2.18. The number of aromatic nitrogens is 1. The monoisotopic (exact) mass is 318 g/mol. The zero-order valence-corrected chi connectivity index (χ0v) is 12.3. The zero-order valence-electron chi connectivity index (χ0n) is 10.7. The number of benzene rings is 1. The number of pyridine rings is 1. The number of nitrogens with zero attached hydrogens (tertiary/aromatic N) is 1. The first-order valence-electron chi connectivity index (χ1n) is 6.11. The number of hydrogen-bond acceptors (Lipinski definition) is 3. The van der Waals surface area contributed by atoms with Crippen LogP contribution in [0.5, 0.6) is 0 Å². The van der Waals surface area contributed by atoms with Crippen LogP contribution in [-0.2, 0) is 12.8 Å². The van der Waals surface area contributed by atoms with Crippen LogP contribution in [-0.4, -0.2) is 10.8 Å². The Bertz CT molecular complexity index is 573. The minimum atomic E-state index is 0.0183. The van der Waals surface area contributed by atoms with Gasteiger partial charge in [0, 0.05) is 27.6 Å². The highest BCUT2D eigenvalue weighted by Gasteiger charge is 2.09. The molecule has 0 amide bonds. The Morgan fingerprint density at radius 2 is 2.11 bits per heavy atom. The Balaban J connectivity index is 2.15. The van der Waals surface area contributed by atoms with Gasteiger partial charge in [0.25, 0.3) is 0 Å². The van der Waals surface area contributed by atoms with Crippen molar-refractivity contribution in [3.8, 4) is 0 Å². The molecule has 0 saturated carbocycles. The molecular formula is C15H15BrN2O. The number of carbonyl (C=O) groups excluding carboxylic acids is 1. The van der Waals surface area contributed by atoms with E-state index >= 15 is 0 Å². The average molecular weight is 319 g/mol. The summed E-state index contributed by atoms with van der Waals surface area (Å²) in [6.45, 7) is 2.08. The van der Waals surface area contributed by atoms with Gasteiger partial charge in [0.15, 0.2) is 5.78 Å². The molecule has 98 valence electrons. The van der Waals surface area contributed by atoms with Crippen LogP contribution in [0.4, 0.5) is 5.69 Å². The Morgan fingerprint density at radius 3 is 2.68 bits per heavy atom. The van der Waals surface area contributed by atoms with E-state index in [2.05, 4.69) is 27.8 Å². The van der Waals surface area contributed by atoms with Crippen LogP contribution in [0.1, 0.15) is 28.5 Å². The number of carbonyl (C=O) groups is 1. The maximum Gasteiger partial charge on any atom is 0.168 e. The summed E-state index contributed by atoms with van der Waals surface area (Å²) in [4.78, 5) is 16.5. The lowest BCUT2D eigenvalue weighted by Crippen LogP contribution is -2.06. The van der Waals surface area contributed by atoms with Gasteiger partial charge in [-0.2, -0.15) is 0 Å². The Hall–Kier alpha value is -1.68. The SMILES string of the molecule is CCc1ccc(CC(=O)c2cc(N)cc(Br)c2)nc1. The van der Waals surface area contributed by atoms with Crippen molar-refractivity contribution in [2.45, 2.75) is 19.8 Å². The van der Waals surface area contributed by atoms with Gasteiger partial charge >= 0.3 is 0 Å². The number of aryl methyl sites for hydroxylation is 1. The van der Waals surface area contributed by atoms with Crippen molar-refractivity contribution in [1.29, 1.82) is 0 Å². The largest absolute Gasteiger partial charge is 0.399 e. The van der Waals surface area contributed by atoms with Crippen LogP contribution in [0.2, 0.25) is 0 Å². The fourth-order valence-corrected chi connectivity index (χ4v) is 2.32. The Kier molecular flexibility index (Phi) is 4.32. The lowest BCUT2D eigenvalue weighted by atomic mass is 10.1. The molecule has 2 rings (SSSR count). The second-order valence-electron chi connectivity index (χ2n) is 4.38. The van der Waals surface area contributed by atoms with Gasteiger partial charge < -0.3 is 5.73 Å². The number of Topliss-reactive ketones (excluding diaryl/α,β-unsaturated/α-hetero) is 1. The summed E-state index contributed by atoms with van der Waals surface area (Å²) in [5.74, 6) is 0.0183. The maximum atomic E-state index is 12.2. The van der Waals surface area contributed by atoms with Gasteiger partial charge in [0.2, 0.25) is 0 Å². The molecule has 1 aromatic carbocycles. The highest BCUT2D eigenvalue weighted by atomic mass is 79.9.